The van der Waals surface area contributed by atoms with Crippen molar-refractivity contribution in [2.75, 3.05) is 25.1 Å². The summed E-state index contributed by atoms with van der Waals surface area (Å²) in [6, 6.07) is 10.2. The Morgan fingerprint density at radius 3 is 2.39 bits per heavy atom. The van der Waals surface area contributed by atoms with Crippen LogP contribution >= 0.6 is 0 Å². The van der Waals surface area contributed by atoms with Gasteiger partial charge in [-0.05, 0) is 62.3 Å². The van der Waals surface area contributed by atoms with E-state index in [1.54, 1.807) is 25.6 Å². The number of rotatable bonds is 5. The zero-order valence-electron chi connectivity index (χ0n) is 18.6. The van der Waals surface area contributed by atoms with Crippen LogP contribution in [0, 0.1) is 22.7 Å². The van der Waals surface area contributed by atoms with Gasteiger partial charge in [0.05, 0.1) is 30.4 Å². The minimum absolute atomic E-state index is 0.0957. The standard InChI is InChI=1S/C25H27F3N4O/c1-33-23-6-9-30-15-22(23)32(19-4-2-18(3-5-19)25(26,27)28)20-7-10-31(11-8-20)21-14-24(16-29)12-17(21)13-24/h2-6,9,15,17,20-21H,7-8,10-14H2,1H3. The van der Waals surface area contributed by atoms with E-state index in [9.17, 15) is 18.4 Å². The Hall–Kier alpha value is -2.79. The average molecular weight is 457 g/mol. The minimum Gasteiger partial charge on any atom is -0.494 e. The first-order valence-corrected chi connectivity index (χ1v) is 11.4. The molecule has 1 aliphatic heterocycles. The number of fused-ring (bicyclic) bond motifs is 1. The fourth-order valence-corrected chi connectivity index (χ4v) is 6.07. The number of hydrogen-bond donors (Lipinski definition) is 0. The van der Waals surface area contributed by atoms with Crippen LogP contribution in [-0.4, -0.2) is 42.2 Å². The van der Waals surface area contributed by atoms with E-state index in [2.05, 4.69) is 20.9 Å². The molecule has 4 aliphatic rings. The smallest absolute Gasteiger partial charge is 0.416 e. The first-order valence-electron chi connectivity index (χ1n) is 11.4. The lowest BCUT2D eigenvalue weighted by Gasteiger charge is -2.43. The van der Waals surface area contributed by atoms with Crippen molar-refractivity contribution in [3.05, 3.63) is 48.3 Å². The molecule has 33 heavy (non-hydrogen) atoms. The molecule has 1 saturated heterocycles. The molecule has 2 heterocycles. The summed E-state index contributed by atoms with van der Waals surface area (Å²) in [5, 5.41) is 9.50. The summed E-state index contributed by atoms with van der Waals surface area (Å²) >= 11 is 0. The molecule has 1 aromatic carbocycles. The van der Waals surface area contributed by atoms with Gasteiger partial charge in [-0.25, -0.2) is 0 Å². The minimum atomic E-state index is -4.37. The lowest BCUT2D eigenvalue weighted by molar-refractivity contribution is -0.137. The lowest BCUT2D eigenvalue weighted by atomic mass is 9.71. The van der Waals surface area contributed by atoms with Crippen LogP contribution in [0.1, 0.15) is 37.7 Å². The lowest BCUT2D eigenvalue weighted by Crippen LogP contribution is -2.47. The van der Waals surface area contributed by atoms with Gasteiger partial charge in [0.1, 0.15) is 11.4 Å². The van der Waals surface area contributed by atoms with Gasteiger partial charge in [-0.2, -0.15) is 18.4 Å². The highest BCUT2D eigenvalue weighted by Crippen LogP contribution is 2.60. The Balaban J connectivity index is 1.38. The number of nitrogens with zero attached hydrogens (tertiary/aromatic N) is 4. The number of likely N-dealkylation sites (tertiary alicyclic amines) is 1. The number of pyridine rings is 1. The molecule has 0 N–H and O–H groups in total. The summed E-state index contributed by atoms with van der Waals surface area (Å²) in [5.41, 5.74) is 0.691. The first-order chi connectivity index (χ1) is 15.8. The normalized spacial score (nSPS) is 27.6. The van der Waals surface area contributed by atoms with Gasteiger partial charge < -0.3 is 9.64 Å². The van der Waals surface area contributed by atoms with Crippen LogP contribution in [0.2, 0.25) is 0 Å². The van der Waals surface area contributed by atoms with Crippen molar-refractivity contribution in [2.24, 2.45) is 11.3 Å². The number of nitriles is 1. The van der Waals surface area contributed by atoms with Crippen molar-refractivity contribution in [1.29, 1.82) is 5.26 Å². The second kappa shape index (κ2) is 8.21. The Bertz CT molecular complexity index is 1030. The van der Waals surface area contributed by atoms with Gasteiger partial charge in [0, 0.05) is 43.1 Å². The summed E-state index contributed by atoms with van der Waals surface area (Å²) < 4.78 is 44.9. The van der Waals surface area contributed by atoms with Gasteiger partial charge >= 0.3 is 6.18 Å². The second-order valence-corrected chi connectivity index (χ2v) is 9.56. The number of anilines is 2. The van der Waals surface area contributed by atoms with Crippen LogP contribution in [0.25, 0.3) is 0 Å². The highest BCUT2D eigenvalue weighted by molar-refractivity contribution is 5.69. The van der Waals surface area contributed by atoms with E-state index in [1.807, 2.05) is 0 Å². The maximum absolute atomic E-state index is 13.1. The third-order valence-electron chi connectivity index (χ3n) is 7.73. The SMILES string of the molecule is COc1ccncc1N(c1ccc(C(F)(F)F)cc1)C1CCN(C2CC3(C#N)CC2C3)CC1. The van der Waals surface area contributed by atoms with E-state index in [0.29, 0.717) is 23.4 Å². The molecule has 3 saturated carbocycles. The van der Waals surface area contributed by atoms with Crippen molar-refractivity contribution in [1.82, 2.24) is 9.88 Å². The fraction of sp³-hybridized carbons (Fsp3) is 0.520. The number of ether oxygens (including phenoxy) is 1. The number of alkyl halides is 3. The van der Waals surface area contributed by atoms with Gasteiger partial charge in [0.2, 0.25) is 0 Å². The largest absolute Gasteiger partial charge is 0.494 e. The molecule has 3 aliphatic carbocycles. The molecule has 5 nitrogen and oxygen atoms in total. The number of hydrogen-bond acceptors (Lipinski definition) is 5. The molecule has 4 fully saturated rings. The topological polar surface area (TPSA) is 52.4 Å². The summed E-state index contributed by atoms with van der Waals surface area (Å²) in [6.07, 6.45) is 3.76. The molecule has 0 amide bonds. The number of piperidine rings is 1. The molecule has 0 spiro atoms. The molecule has 6 rings (SSSR count). The van der Waals surface area contributed by atoms with Crippen LogP contribution in [-0.2, 0) is 6.18 Å². The van der Waals surface area contributed by atoms with Crippen LogP contribution < -0.4 is 9.64 Å². The number of aromatic nitrogens is 1. The maximum Gasteiger partial charge on any atom is 0.416 e. The zero-order chi connectivity index (χ0) is 23.2. The summed E-state index contributed by atoms with van der Waals surface area (Å²) in [4.78, 5) is 8.86. The van der Waals surface area contributed by atoms with Gasteiger partial charge in [-0.3, -0.25) is 9.88 Å². The molecular weight excluding hydrogens is 429 g/mol. The van der Waals surface area contributed by atoms with E-state index in [4.69, 9.17) is 4.74 Å². The monoisotopic (exact) mass is 456 g/mol. The van der Waals surface area contributed by atoms with Crippen molar-refractivity contribution in [3.63, 3.8) is 0 Å². The van der Waals surface area contributed by atoms with Crippen LogP contribution in [0.4, 0.5) is 24.5 Å². The van der Waals surface area contributed by atoms with E-state index < -0.39 is 11.7 Å². The van der Waals surface area contributed by atoms with Crippen molar-refractivity contribution in [2.45, 2.75) is 50.4 Å². The Morgan fingerprint density at radius 2 is 1.82 bits per heavy atom. The van der Waals surface area contributed by atoms with Crippen LogP contribution in [0.3, 0.4) is 0 Å². The van der Waals surface area contributed by atoms with E-state index in [-0.39, 0.29) is 11.5 Å². The first kappa shape index (κ1) is 22.0. The Labute approximate surface area is 191 Å². The second-order valence-electron chi connectivity index (χ2n) is 9.56. The van der Waals surface area contributed by atoms with Crippen molar-refractivity contribution in [3.8, 4) is 11.8 Å². The van der Waals surface area contributed by atoms with Crippen molar-refractivity contribution < 1.29 is 17.9 Å². The molecule has 174 valence electrons. The summed E-state index contributed by atoms with van der Waals surface area (Å²) in [7, 11) is 1.59. The third kappa shape index (κ3) is 3.93. The van der Waals surface area contributed by atoms with Crippen LogP contribution in [0.15, 0.2) is 42.7 Å². The molecule has 1 aromatic heterocycles. The average Bonchev–Trinajstić information content (AvgIpc) is 3.36. The van der Waals surface area contributed by atoms with Gasteiger partial charge in [0.15, 0.2) is 0 Å². The van der Waals surface area contributed by atoms with Crippen LogP contribution in [0.5, 0.6) is 5.75 Å². The number of halogens is 3. The Morgan fingerprint density at radius 1 is 1.12 bits per heavy atom. The van der Waals surface area contributed by atoms with E-state index in [0.717, 1.165) is 63.0 Å². The Kier molecular flexibility index (Phi) is 5.48. The molecule has 1 atom stereocenters. The highest BCUT2D eigenvalue weighted by Gasteiger charge is 2.58. The molecule has 0 radical (unpaired) electrons. The van der Waals surface area contributed by atoms with Gasteiger partial charge in [-0.1, -0.05) is 0 Å². The predicted molar refractivity (Wildman–Crippen MR) is 118 cm³/mol. The maximum atomic E-state index is 13.1. The molecular formula is C25H27F3N4O. The fourth-order valence-electron chi connectivity index (χ4n) is 6.07. The quantitative estimate of drug-likeness (QED) is 0.603. The number of benzene rings is 1. The highest BCUT2D eigenvalue weighted by atomic mass is 19.4. The molecule has 2 aromatic rings. The predicted octanol–water partition coefficient (Wildman–Crippen LogP) is 5.40. The number of methoxy groups -OCH3 is 1. The molecule has 8 heteroatoms. The summed E-state index contributed by atoms with van der Waals surface area (Å²) in [6.45, 7) is 1.82. The van der Waals surface area contributed by atoms with Crippen molar-refractivity contribution >= 4 is 11.4 Å². The molecule has 1 unspecified atom stereocenters. The van der Waals surface area contributed by atoms with Gasteiger partial charge in [0.25, 0.3) is 0 Å². The van der Waals surface area contributed by atoms with Gasteiger partial charge in [-0.15, -0.1) is 0 Å². The zero-order valence-corrected chi connectivity index (χ0v) is 18.6. The van der Waals surface area contributed by atoms with E-state index >= 15 is 0 Å². The third-order valence-corrected chi connectivity index (χ3v) is 7.73. The summed E-state index contributed by atoms with van der Waals surface area (Å²) in [5.74, 6) is 1.27. The molecule has 2 bridgehead atoms. The van der Waals surface area contributed by atoms with E-state index in [1.165, 1.54) is 12.1 Å².